The summed E-state index contributed by atoms with van der Waals surface area (Å²) in [4.78, 5) is 0. The molecule has 0 fully saturated rings. The molecule has 0 saturated heterocycles. The summed E-state index contributed by atoms with van der Waals surface area (Å²) in [5, 5.41) is 0. The maximum atomic E-state index is 5.86. The van der Waals surface area contributed by atoms with E-state index in [1.807, 2.05) is 30.0 Å². The van der Waals surface area contributed by atoms with Crippen molar-refractivity contribution in [2.75, 3.05) is 31.8 Å². The quantitative estimate of drug-likeness (QED) is 0.700. The van der Waals surface area contributed by atoms with Gasteiger partial charge in [-0.3, -0.25) is 0 Å². The molecule has 0 heterocycles. The summed E-state index contributed by atoms with van der Waals surface area (Å²) >= 11 is 1.94. The predicted molar refractivity (Wildman–Crippen MR) is 78.9 cm³/mol. The second kappa shape index (κ2) is 9.11. The number of benzene rings is 1. The van der Waals surface area contributed by atoms with Crippen LogP contribution in [0.1, 0.15) is 18.9 Å². The van der Waals surface area contributed by atoms with Crippen molar-refractivity contribution in [3.63, 3.8) is 0 Å². The van der Waals surface area contributed by atoms with E-state index in [0.717, 1.165) is 48.0 Å². The summed E-state index contributed by atoms with van der Waals surface area (Å²) in [6, 6.07) is 5.95. The molecule has 0 aliphatic rings. The first-order valence-electron chi connectivity index (χ1n) is 6.40. The molecule has 0 aliphatic heterocycles. The molecule has 102 valence electrons. The van der Waals surface area contributed by atoms with Crippen molar-refractivity contribution in [3.05, 3.63) is 23.8 Å². The van der Waals surface area contributed by atoms with Gasteiger partial charge in [-0.25, -0.2) is 0 Å². The van der Waals surface area contributed by atoms with Gasteiger partial charge >= 0.3 is 0 Å². The molecule has 18 heavy (non-hydrogen) atoms. The highest BCUT2D eigenvalue weighted by Gasteiger charge is 2.09. The lowest BCUT2D eigenvalue weighted by molar-refractivity contribution is 0.292. The summed E-state index contributed by atoms with van der Waals surface area (Å²) in [5.74, 6) is 3.95. The average Bonchev–Trinajstić information content (AvgIpc) is 2.40. The van der Waals surface area contributed by atoms with Gasteiger partial charge in [0.05, 0.1) is 13.7 Å². The number of hydrogen-bond acceptors (Lipinski definition) is 4. The van der Waals surface area contributed by atoms with Gasteiger partial charge in [0.1, 0.15) is 0 Å². The Morgan fingerprint density at radius 1 is 1.33 bits per heavy atom. The van der Waals surface area contributed by atoms with Crippen molar-refractivity contribution in [2.45, 2.75) is 19.8 Å². The summed E-state index contributed by atoms with van der Waals surface area (Å²) in [6.07, 6.45) is 1.87. The predicted octanol–water partition coefficient (Wildman–Crippen LogP) is 2.72. The van der Waals surface area contributed by atoms with Gasteiger partial charge in [0.2, 0.25) is 0 Å². The lowest BCUT2D eigenvalue weighted by atomic mass is 10.1. The molecule has 0 unspecified atom stereocenters. The summed E-state index contributed by atoms with van der Waals surface area (Å²) in [5.41, 5.74) is 6.74. The number of thioether (sulfide) groups is 1. The van der Waals surface area contributed by atoms with Gasteiger partial charge in [-0.05, 0) is 42.5 Å². The van der Waals surface area contributed by atoms with Gasteiger partial charge < -0.3 is 15.2 Å². The Hall–Kier alpha value is -0.870. The molecule has 0 amide bonds. The number of rotatable bonds is 9. The van der Waals surface area contributed by atoms with Crippen molar-refractivity contribution >= 4 is 11.8 Å². The van der Waals surface area contributed by atoms with Crippen LogP contribution in [0.25, 0.3) is 0 Å². The fraction of sp³-hybridized carbons (Fsp3) is 0.571. The number of methoxy groups -OCH3 is 1. The number of ether oxygens (including phenoxy) is 2. The van der Waals surface area contributed by atoms with Gasteiger partial charge in [-0.1, -0.05) is 19.1 Å². The molecule has 2 N–H and O–H groups in total. The van der Waals surface area contributed by atoms with E-state index in [9.17, 15) is 0 Å². The first kappa shape index (κ1) is 15.2. The highest BCUT2D eigenvalue weighted by atomic mass is 32.2. The minimum absolute atomic E-state index is 0.620. The largest absolute Gasteiger partial charge is 0.493 e. The summed E-state index contributed by atoms with van der Waals surface area (Å²) in [6.45, 7) is 3.52. The molecule has 0 atom stereocenters. The van der Waals surface area contributed by atoms with Crippen LogP contribution in [-0.4, -0.2) is 31.8 Å². The highest BCUT2D eigenvalue weighted by Crippen LogP contribution is 2.31. The van der Waals surface area contributed by atoms with E-state index < -0.39 is 0 Å². The van der Waals surface area contributed by atoms with Crippen molar-refractivity contribution < 1.29 is 9.47 Å². The number of hydrogen-bond donors (Lipinski definition) is 1. The fourth-order valence-electron chi connectivity index (χ4n) is 1.72. The molecule has 4 heteroatoms. The molecule has 3 nitrogen and oxygen atoms in total. The Morgan fingerprint density at radius 2 is 2.17 bits per heavy atom. The normalized spacial score (nSPS) is 10.4. The Labute approximate surface area is 114 Å². The van der Waals surface area contributed by atoms with Gasteiger partial charge in [-0.2, -0.15) is 11.8 Å². The second-order valence-corrected chi connectivity index (χ2v) is 5.28. The van der Waals surface area contributed by atoms with Crippen LogP contribution in [0, 0.1) is 0 Å². The third kappa shape index (κ3) is 4.78. The molecular weight excluding hydrogens is 246 g/mol. The van der Waals surface area contributed by atoms with E-state index >= 15 is 0 Å². The van der Waals surface area contributed by atoms with Crippen LogP contribution in [0.4, 0.5) is 0 Å². The first-order valence-corrected chi connectivity index (χ1v) is 7.55. The van der Waals surface area contributed by atoms with Crippen LogP contribution in [0.2, 0.25) is 0 Å². The minimum atomic E-state index is 0.620. The van der Waals surface area contributed by atoms with Crippen LogP contribution in [0.5, 0.6) is 11.5 Å². The zero-order valence-electron chi connectivity index (χ0n) is 11.3. The van der Waals surface area contributed by atoms with Crippen molar-refractivity contribution in [1.82, 2.24) is 0 Å². The Kier molecular flexibility index (Phi) is 7.69. The third-order valence-corrected chi connectivity index (χ3v) is 3.56. The van der Waals surface area contributed by atoms with Gasteiger partial charge in [-0.15, -0.1) is 0 Å². The van der Waals surface area contributed by atoms with Crippen LogP contribution < -0.4 is 15.2 Å². The van der Waals surface area contributed by atoms with E-state index in [-0.39, 0.29) is 0 Å². The van der Waals surface area contributed by atoms with E-state index in [1.54, 1.807) is 7.11 Å². The van der Waals surface area contributed by atoms with Crippen LogP contribution in [-0.2, 0) is 6.42 Å². The van der Waals surface area contributed by atoms with E-state index in [0.29, 0.717) is 6.54 Å². The SMILES string of the molecule is CCSCCCOc1c(CCN)cccc1OC. The standard InChI is InChI=1S/C14H23NO2S/c1-3-18-11-5-10-17-14-12(8-9-15)6-4-7-13(14)16-2/h4,6-7H,3,5,8-11,15H2,1-2H3. The Morgan fingerprint density at radius 3 is 2.83 bits per heavy atom. The third-order valence-electron chi connectivity index (χ3n) is 2.58. The molecular formula is C14H23NO2S. The molecule has 0 radical (unpaired) electrons. The molecule has 0 saturated carbocycles. The van der Waals surface area contributed by atoms with Crippen LogP contribution >= 0.6 is 11.8 Å². The second-order valence-electron chi connectivity index (χ2n) is 3.89. The topological polar surface area (TPSA) is 44.5 Å². The smallest absolute Gasteiger partial charge is 0.164 e. The first-order chi connectivity index (χ1) is 8.83. The monoisotopic (exact) mass is 269 g/mol. The van der Waals surface area contributed by atoms with Crippen molar-refractivity contribution in [2.24, 2.45) is 5.73 Å². The van der Waals surface area contributed by atoms with E-state index in [2.05, 4.69) is 6.92 Å². The number of nitrogens with two attached hydrogens (primary N) is 1. The molecule has 0 aromatic heterocycles. The fourth-order valence-corrected chi connectivity index (χ4v) is 2.33. The summed E-state index contributed by atoms with van der Waals surface area (Å²) in [7, 11) is 1.67. The Bertz CT molecular complexity index is 345. The lowest BCUT2D eigenvalue weighted by Crippen LogP contribution is -2.07. The van der Waals surface area contributed by atoms with Crippen molar-refractivity contribution in [3.8, 4) is 11.5 Å². The van der Waals surface area contributed by atoms with Crippen LogP contribution in [0.15, 0.2) is 18.2 Å². The maximum absolute atomic E-state index is 5.86. The molecule has 1 aromatic carbocycles. The molecule has 0 spiro atoms. The molecule has 0 bridgehead atoms. The van der Waals surface area contributed by atoms with E-state index in [4.69, 9.17) is 15.2 Å². The molecule has 0 aliphatic carbocycles. The van der Waals surface area contributed by atoms with Gasteiger partial charge in [0.25, 0.3) is 0 Å². The average molecular weight is 269 g/mol. The highest BCUT2D eigenvalue weighted by molar-refractivity contribution is 7.99. The zero-order chi connectivity index (χ0) is 13.2. The maximum Gasteiger partial charge on any atom is 0.164 e. The molecule has 1 aromatic rings. The Balaban J connectivity index is 2.60. The van der Waals surface area contributed by atoms with Crippen molar-refractivity contribution in [1.29, 1.82) is 0 Å². The van der Waals surface area contributed by atoms with Crippen LogP contribution in [0.3, 0.4) is 0 Å². The molecule has 1 rings (SSSR count). The zero-order valence-corrected chi connectivity index (χ0v) is 12.1. The van der Waals surface area contributed by atoms with E-state index in [1.165, 1.54) is 0 Å². The summed E-state index contributed by atoms with van der Waals surface area (Å²) < 4.78 is 11.2. The minimum Gasteiger partial charge on any atom is -0.493 e. The lowest BCUT2D eigenvalue weighted by Gasteiger charge is -2.14. The van der Waals surface area contributed by atoms with Gasteiger partial charge in [0, 0.05) is 0 Å². The van der Waals surface area contributed by atoms with Gasteiger partial charge in [0.15, 0.2) is 11.5 Å². The number of para-hydroxylation sites is 1.